The van der Waals surface area contributed by atoms with Gasteiger partial charge in [0.15, 0.2) is 0 Å². The summed E-state index contributed by atoms with van der Waals surface area (Å²) in [6.07, 6.45) is 1.53. The van der Waals surface area contributed by atoms with Crippen LogP contribution in [0.3, 0.4) is 0 Å². The van der Waals surface area contributed by atoms with Crippen molar-refractivity contribution in [2.75, 3.05) is 0 Å². The summed E-state index contributed by atoms with van der Waals surface area (Å²) in [7, 11) is -3.53. The average Bonchev–Trinajstić information content (AvgIpc) is 2.45. The average molecular weight is 342 g/mol. The maximum atomic E-state index is 11.9. The number of rotatable bonds is 5. The van der Waals surface area contributed by atoms with E-state index in [4.69, 9.17) is 23.2 Å². The summed E-state index contributed by atoms with van der Waals surface area (Å²) in [5.41, 5.74) is 1.48. The molecule has 6 heteroatoms. The minimum absolute atomic E-state index is 0.109. The molecule has 2 aromatic rings. The Bertz CT molecular complexity index is 744. The SMILES string of the molecule is O=S(=O)(/C=C/c1ccccc1)NCc1ccc(Cl)cc1Cl. The lowest BCUT2D eigenvalue weighted by atomic mass is 10.2. The molecule has 0 aliphatic heterocycles. The van der Waals surface area contributed by atoms with E-state index in [0.29, 0.717) is 15.6 Å². The molecule has 0 amide bonds. The van der Waals surface area contributed by atoms with Crippen molar-refractivity contribution >= 4 is 39.3 Å². The fourth-order valence-corrected chi connectivity index (χ4v) is 2.89. The Hall–Kier alpha value is -1.33. The van der Waals surface area contributed by atoms with Gasteiger partial charge in [0.25, 0.3) is 0 Å². The molecule has 0 atom stereocenters. The Morgan fingerprint density at radius 1 is 1.05 bits per heavy atom. The van der Waals surface area contributed by atoms with Crippen molar-refractivity contribution < 1.29 is 8.42 Å². The molecule has 110 valence electrons. The maximum absolute atomic E-state index is 11.9. The molecule has 0 aromatic heterocycles. The van der Waals surface area contributed by atoms with Crippen LogP contribution in [0.1, 0.15) is 11.1 Å². The highest BCUT2D eigenvalue weighted by molar-refractivity contribution is 7.92. The van der Waals surface area contributed by atoms with Gasteiger partial charge in [-0.2, -0.15) is 0 Å². The van der Waals surface area contributed by atoms with E-state index in [1.807, 2.05) is 30.3 Å². The number of hydrogen-bond donors (Lipinski definition) is 1. The van der Waals surface area contributed by atoms with Gasteiger partial charge in [-0.15, -0.1) is 0 Å². The van der Waals surface area contributed by atoms with Crippen LogP contribution >= 0.6 is 23.2 Å². The molecular formula is C15H13Cl2NO2S. The molecule has 0 heterocycles. The first kappa shape index (κ1) is 16.0. The van der Waals surface area contributed by atoms with Crippen LogP contribution < -0.4 is 4.72 Å². The third-order valence-corrected chi connectivity index (χ3v) is 4.35. The zero-order valence-corrected chi connectivity index (χ0v) is 13.3. The fraction of sp³-hybridized carbons (Fsp3) is 0.0667. The molecule has 2 aromatic carbocycles. The quantitative estimate of drug-likeness (QED) is 0.890. The van der Waals surface area contributed by atoms with Gasteiger partial charge >= 0.3 is 0 Å². The molecular weight excluding hydrogens is 329 g/mol. The third kappa shape index (κ3) is 5.17. The van der Waals surface area contributed by atoms with Gasteiger partial charge in [0, 0.05) is 22.0 Å². The lowest BCUT2D eigenvalue weighted by Crippen LogP contribution is -2.20. The van der Waals surface area contributed by atoms with Crippen molar-refractivity contribution in [3.05, 3.63) is 75.1 Å². The highest BCUT2D eigenvalue weighted by atomic mass is 35.5. The van der Waals surface area contributed by atoms with Crippen molar-refractivity contribution in [3.8, 4) is 0 Å². The molecule has 0 saturated carbocycles. The summed E-state index contributed by atoms with van der Waals surface area (Å²) in [6, 6.07) is 14.1. The fourth-order valence-electron chi connectivity index (χ4n) is 1.62. The third-order valence-electron chi connectivity index (χ3n) is 2.72. The van der Waals surface area contributed by atoms with Crippen LogP contribution in [-0.2, 0) is 16.6 Å². The van der Waals surface area contributed by atoms with Gasteiger partial charge in [-0.1, -0.05) is 59.6 Å². The smallest absolute Gasteiger partial charge is 0.208 e. The van der Waals surface area contributed by atoms with Gasteiger partial charge in [0.2, 0.25) is 10.0 Å². The summed E-state index contributed by atoms with van der Waals surface area (Å²) >= 11 is 11.8. The second-order valence-electron chi connectivity index (χ2n) is 4.32. The zero-order chi connectivity index (χ0) is 15.3. The van der Waals surface area contributed by atoms with Gasteiger partial charge in [0.1, 0.15) is 0 Å². The second kappa shape index (κ2) is 7.09. The topological polar surface area (TPSA) is 46.2 Å². The number of halogens is 2. The molecule has 0 radical (unpaired) electrons. The van der Waals surface area contributed by atoms with Gasteiger partial charge < -0.3 is 0 Å². The van der Waals surface area contributed by atoms with Gasteiger partial charge in [-0.05, 0) is 29.3 Å². The van der Waals surface area contributed by atoms with Crippen LogP contribution in [0, 0.1) is 0 Å². The van der Waals surface area contributed by atoms with Crippen LogP contribution in [0.15, 0.2) is 53.9 Å². The van der Waals surface area contributed by atoms with E-state index in [2.05, 4.69) is 4.72 Å². The first-order valence-corrected chi connectivity index (χ1v) is 8.43. The molecule has 0 unspecified atom stereocenters. The normalized spacial score (nSPS) is 11.9. The summed E-state index contributed by atoms with van der Waals surface area (Å²) < 4.78 is 26.2. The van der Waals surface area contributed by atoms with Gasteiger partial charge in [0.05, 0.1) is 0 Å². The molecule has 0 saturated heterocycles. The summed E-state index contributed by atoms with van der Waals surface area (Å²) in [6.45, 7) is 0.109. The van der Waals surface area contributed by atoms with Crippen molar-refractivity contribution in [3.63, 3.8) is 0 Å². The van der Waals surface area contributed by atoms with E-state index in [-0.39, 0.29) is 6.54 Å². The highest BCUT2D eigenvalue weighted by Gasteiger charge is 2.07. The Kier molecular flexibility index (Phi) is 5.42. The van der Waals surface area contributed by atoms with E-state index in [9.17, 15) is 8.42 Å². The lowest BCUT2D eigenvalue weighted by molar-refractivity contribution is 0.591. The van der Waals surface area contributed by atoms with E-state index in [1.165, 1.54) is 6.08 Å². The second-order valence-corrected chi connectivity index (χ2v) is 6.81. The van der Waals surface area contributed by atoms with Crippen molar-refractivity contribution in [1.29, 1.82) is 0 Å². The molecule has 1 N–H and O–H groups in total. The predicted molar refractivity (Wildman–Crippen MR) is 87.7 cm³/mol. The summed E-state index contributed by atoms with van der Waals surface area (Å²) in [4.78, 5) is 0. The van der Waals surface area contributed by atoms with E-state index in [1.54, 1.807) is 18.2 Å². The molecule has 0 spiro atoms. The zero-order valence-electron chi connectivity index (χ0n) is 11.0. The number of hydrogen-bond acceptors (Lipinski definition) is 2. The first-order chi connectivity index (χ1) is 9.96. The van der Waals surface area contributed by atoms with Crippen molar-refractivity contribution in [1.82, 2.24) is 4.72 Å². The van der Waals surface area contributed by atoms with Crippen LogP contribution in [0.25, 0.3) is 6.08 Å². The van der Waals surface area contributed by atoms with Crippen LogP contribution in [-0.4, -0.2) is 8.42 Å². The van der Waals surface area contributed by atoms with E-state index in [0.717, 1.165) is 11.0 Å². The van der Waals surface area contributed by atoms with Gasteiger partial charge in [-0.3, -0.25) is 0 Å². The molecule has 0 aliphatic rings. The molecule has 21 heavy (non-hydrogen) atoms. The summed E-state index contributed by atoms with van der Waals surface area (Å²) in [5.74, 6) is 0. The minimum atomic E-state index is -3.53. The minimum Gasteiger partial charge on any atom is -0.208 e. The monoisotopic (exact) mass is 341 g/mol. The molecule has 3 nitrogen and oxygen atoms in total. The number of benzene rings is 2. The molecule has 0 bridgehead atoms. The Morgan fingerprint density at radius 2 is 1.76 bits per heavy atom. The van der Waals surface area contributed by atoms with Crippen molar-refractivity contribution in [2.45, 2.75) is 6.54 Å². The number of sulfonamides is 1. The van der Waals surface area contributed by atoms with Crippen LogP contribution in [0.4, 0.5) is 0 Å². The van der Waals surface area contributed by atoms with Crippen LogP contribution in [0.2, 0.25) is 10.0 Å². The summed E-state index contributed by atoms with van der Waals surface area (Å²) in [5, 5.41) is 2.07. The highest BCUT2D eigenvalue weighted by Crippen LogP contribution is 2.20. The molecule has 2 rings (SSSR count). The first-order valence-electron chi connectivity index (χ1n) is 6.13. The van der Waals surface area contributed by atoms with E-state index < -0.39 is 10.0 Å². The number of nitrogens with one attached hydrogen (secondary N) is 1. The van der Waals surface area contributed by atoms with Gasteiger partial charge in [-0.25, -0.2) is 13.1 Å². The Balaban J connectivity index is 2.03. The maximum Gasteiger partial charge on any atom is 0.234 e. The Morgan fingerprint density at radius 3 is 2.43 bits per heavy atom. The van der Waals surface area contributed by atoms with E-state index >= 15 is 0 Å². The van der Waals surface area contributed by atoms with Crippen molar-refractivity contribution in [2.24, 2.45) is 0 Å². The predicted octanol–water partition coefficient (Wildman–Crippen LogP) is 4.08. The molecule has 0 fully saturated rings. The largest absolute Gasteiger partial charge is 0.234 e. The lowest BCUT2D eigenvalue weighted by Gasteiger charge is -2.05. The standard InChI is InChI=1S/C15H13Cl2NO2S/c16-14-7-6-13(15(17)10-14)11-18-21(19,20)9-8-12-4-2-1-3-5-12/h1-10,18H,11H2/b9-8+. The van der Waals surface area contributed by atoms with Crippen LogP contribution in [0.5, 0.6) is 0 Å². The molecule has 0 aliphatic carbocycles. The Labute approximate surface area is 134 Å².